The Hall–Kier alpha value is -2.37. The predicted molar refractivity (Wildman–Crippen MR) is 75.1 cm³/mol. The van der Waals surface area contributed by atoms with Crippen LogP contribution in [-0.2, 0) is 14.3 Å². The van der Waals surface area contributed by atoms with Gasteiger partial charge in [-0.05, 0) is 39.0 Å². The first kappa shape index (κ1) is 15.7. The molecule has 1 aromatic rings. The third-order valence-corrected chi connectivity index (χ3v) is 1.99. The summed E-state index contributed by atoms with van der Waals surface area (Å²) < 4.78 is 9.59. The highest BCUT2D eigenvalue weighted by Crippen LogP contribution is 2.11. The van der Waals surface area contributed by atoms with E-state index in [0.717, 1.165) is 0 Å². The van der Waals surface area contributed by atoms with E-state index in [4.69, 9.17) is 4.74 Å². The molecule has 0 unspecified atom stereocenters. The highest BCUT2D eigenvalue weighted by Gasteiger charge is 2.16. The molecule has 0 saturated heterocycles. The van der Waals surface area contributed by atoms with Gasteiger partial charge in [-0.1, -0.05) is 6.07 Å². The van der Waals surface area contributed by atoms with Gasteiger partial charge in [0.25, 0.3) is 0 Å². The van der Waals surface area contributed by atoms with Crippen molar-refractivity contribution in [3.05, 3.63) is 30.0 Å². The van der Waals surface area contributed by atoms with Crippen LogP contribution in [0.1, 0.15) is 26.5 Å². The van der Waals surface area contributed by atoms with E-state index in [1.165, 1.54) is 19.3 Å². The van der Waals surface area contributed by atoms with Crippen molar-refractivity contribution in [1.29, 1.82) is 0 Å². The molecule has 0 saturated carbocycles. The molecule has 6 heteroatoms. The summed E-state index contributed by atoms with van der Waals surface area (Å²) in [6.45, 7) is 5.32. The van der Waals surface area contributed by atoms with Gasteiger partial charge >= 0.3 is 12.1 Å². The van der Waals surface area contributed by atoms with E-state index in [-0.39, 0.29) is 0 Å². The summed E-state index contributed by atoms with van der Waals surface area (Å²) >= 11 is 0. The summed E-state index contributed by atoms with van der Waals surface area (Å²) in [4.78, 5) is 26.7. The summed E-state index contributed by atoms with van der Waals surface area (Å²) in [5, 5.41) is 2.52. The Balaban J connectivity index is 2.71. The van der Waals surface area contributed by atoms with Gasteiger partial charge in [0.2, 0.25) is 0 Å². The smallest absolute Gasteiger partial charge is 0.413 e. The molecule has 0 atom stereocenters. The van der Waals surface area contributed by atoms with E-state index in [9.17, 15) is 9.59 Å². The molecule has 0 aliphatic rings. The maximum Gasteiger partial charge on any atom is 0.413 e. The van der Waals surface area contributed by atoms with Crippen LogP contribution in [0, 0.1) is 0 Å². The van der Waals surface area contributed by atoms with Crippen LogP contribution in [0.5, 0.6) is 0 Å². The number of anilines is 1. The van der Waals surface area contributed by atoms with Gasteiger partial charge in [0.15, 0.2) is 0 Å². The average molecular weight is 278 g/mol. The number of hydrogen-bond donors (Lipinski definition) is 1. The average Bonchev–Trinajstić information content (AvgIpc) is 2.34. The van der Waals surface area contributed by atoms with Crippen molar-refractivity contribution in [1.82, 2.24) is 4.98 Å². The van der Waals surface area contributed by atoms with Gasteiger partial charge in [-0.15, -0.1) is 0 Å². The first-order valence-corrected chi connectivity index (χ1v) is 6.03. The number of nitrogens with one attached hydrogen (secondary N) is 1. The highest BCUT2D eigenvalue weighted by molar-refractivity contribution is 5.87. The molecule has 1 amide bonds. The molecule has 108 valence electrons. The summed E-state index contributed by atoms with van der Waals surface area (Å²) in [6, 6.07) is 5.02. The Morgan fingerprint density at radius 3 is 2.60 bits per heavy atom. The lowest BCUT2D eigenvalue weighted by Gasteiger charge is -2.19. The molecule has 0 fully saturated rings. The molecule has 0 spiro atoms. The molecule has 20 heavy (non-hydrogen) atoms. The Morgan fingerprint density at radius 2 is 2.00 bits per heavy atom. The normalized spacial score (nSPS) is 11.2. The molecule has 1 heterocycles. The maximum atomic E-state index is 11.6. The third kappa shape index (κ3) is 5.99. The summed E-state index contributed by atoms with van der Waals surface area (Å²) in [5.41, 5.74) is -0.0594. The molecule has 0 aliphatic heterocycles. The van der Waals surface area contributed by atoms with Crippen molar-refractivity contribution in [2.75, 3.05) is 12.4 Å². The van der Waals surface area contributed by atoms with Crippen molar-refractivity contribution in [2.45, 2.75) is 26.4 Å². The fourth-order valence-corrected chi connectivity index (χ4v) is 1.24. The van der Waals surface area contributed by atoms with Crippen molar-refractivity contribution in [3.63, 3.8) is 0 Å². The molecule has 1 N–H and O–H groups in total. The van der Waals surface area contributed by atoms with Gasteiger partial charge in [0.1, 0.15) is 11.4 Å². The second kappa shape index (κ2) is 6.70. The van der Waals surface area contributed by atoms with E-state index < -0.39 is 17.7 Å². The van der Waals surface area contributed by atoms with Crippen molar-refractivity contribution in [3.8, 4) is 0 Å². The molecule has 0 aliphatic carbocycles. The number of hydrogen-bond acceptors (Lipinski definition) is 5. The quantitative estimate of drug-likeness (QED) is 0.679. The maximum absolute atomic E-state index is 11.6. The number of aromatic nitrogens is 1. The van der Waals surface area contributed by atoms with Crippen molar-refractivity contribution >= 4 is 24.0 Å². The lowest BCUT2D eigenvalue weighted by Crippen LogP contribution is -2.27. The summed E-state index contributed by atoms with van der Waals surface area (Å²) in [6.07, 6.45) is 2.16. The molecule has 6 nitrogen and oxygen atoms in total. The Morgan fingerprint density at radius 1 is 1.30 bits per heavy atom. The van der Waals surface area contributed by atoms with Crippen molar-refractivity contribution in [2.24, 2.45) is 0 Å². The number of rotatable bonds is 3. The number of nitrogens with zero attached hydrogens (tertiary/aromatic N) is 1. The van der Waals surface area contributed by atoms with Gasteiger partial charge in [0, 0.05) is 6.08 Å². The van der Waals surface area contributed by atoms with Crippen LogP contribution < -0.4 is 5.32 Å². The van der Waals surface area contributed by atoms with E-state index in [1.54, 1.807) is 39.0 Å². The monoisotopic (exact) mass is 278 g/mol. The number of esters is 1. The van der Waals surface area contributed by atoms with Crippen LogP contribution in [0.25, 0.3) is 6.08 Å². The van der Waals surface area contributed by atoms with Gasteiger partial charge in [-0.25, -0.2) is 14.6 Å². The molecular weight excluding hydrogens is 260 g/mol. The third-order valence-electron chi connectivity index (χ3n) is 1.99. The number of carbonyl (C=O) groups excluding carboxylic acids is 2. The van der Waals surface area contributed by atoms with E-state index >= 15 is 0 Å². The van der Waals surface area contributed by atoms with Crippen LogP contribution in [-0.4, -0.2) is 29.8 Å². The minimum absolute atomic E-state index is 0.339. The zero-order chi connectivity index (χ0) is 15.2. The lowest BCUT2D eigenvalue weighted by atomic mass is 10.2. The van der Waals surface area contributed by atoms with Crippen LogP contribution in [0.15, 0.2) is 24.3 Å². The Bertz CT molecular complexity index is 518. The van der Waals surface area contributed by atoms with E-state index in [2.05, 4.69) is 15.0 Å². The highest BCUT2D eigenvalue weighted by atomic mass is 16.6. The van der Waals surface area contributed by atoms with Crippen LogP contribution in [0.2, 0.25) is 0 Å². The molecule has 1 rings (SSSR count). The standard InChI is InChI=1S/C14H18N2O4/c1-14(2,3)20-13(18)16-11-7-5-6-10(15-11)8-9-12(17)19-4/h5-9H,1-4H3,(H,15,16,18)/b9-8+. The molecular formula is C14H18N2O4. The Labute approximate surface area is 117 Å². The van der Waals surface area contributed by atoms with Crippen LogP contribution in [0.3, 0.4) is 0 Å². The number of carbonyl (C=O) groups is 2. The number of pyridine rings is 1. The summed E-state index contributed by atoms with van der Waals surface area (Å²) in [5.74, 6) is -0.136. The van der Waals surface area contributed by atoms with Crippen molar-refractivity contribution < 1.29 is 19.1 Å². The first-order chi connectivity index (χ1) is 9.30. The fraction of sp³-hybridized carbons (Fsp3) is 0.357. The van der Waals surface area contributed by atoms with E-state index in [1.807, 2.05) is 0 Å². The second-order valence-corrected chi connectivity index (χ2v) is 4.93. The van der Waals surface area contributed by atoms with Gasteiger partial charge in [-0.2, -0.15) is 0 Å². The Kier molecular flexibility index (Phi) is 5.25. The first-order valence-electron chi connectivity index (χ1n) is 6.03. The summed E-state index contributed by atoms with van der Waals surface area (Å²) in [7, 11) is 1.29. The van der Waals surface area contributed by atoms with Gasteiger partial charge in [0.05, 0.1) is 12.8 Å². The minimum atomic E-state index is -0.584. The number of methoxy groups -OCH3 is 1. The zero-order valence-corrected chi connectivity index (χ0v) is 12.0. The molecule has 0 aromatic carbocycles. The SMILES string of the molecule is COC(=O)/C=C/c1cccc(NC(=O)OC(C)(C)C)n1. The minimum Gasteiger partial charge on any atom is -0.466 e. The molecule has 0 bridgehead atoms. The largest absolute Gasteiger partial charge is 0.466 e. The molecule has 1 aromatic heterocycles. The van der Waals surface area contributed by atoms with E-state index in [0.29, 0.717) is 11.5 Å². The van der Waals surface area contributed by atoms with Gasteiger partial charge < -0.3 is 9.47 Å². The number of ether oxygens (including phenoxy) is 2. The topological polar surface area (TPSA) is 77.5 Å². The predicted octanol–water partition coefficient (Wildman–Crippen LogP) is 2.61. The van der Waals surface area contributed by atoms with Crippen LogP contribution in [0.4, 0.5) is 10.6 Å². The zero-order valence-electron chi connectivity index (χ0n) is 12.0. The van der Waals surface area contributed by atoms with Crippen LogP contribution >= 0.6 is 0 Å². The van der Waals surface area contributed by atoms with Gasteiger partial charge in [-0.3, -0.25) is 5.32 Å². The molecule has 0 radical (unpaired) electrons. The fourth-order valence-electron chi connectivity index (χ4n) is 1.24. The second-order valence-electron chi connectivity index (χ2n) is 4.93. The lowest BCUT2D eigenvalue weighted by molar-refractivity contribution is -0.134. The number of amides is 1.